The third kappa shape index (κ3) is 3.35. The van der Waals surface area contributed by atoms with Crippen molar-refractivity contribution in [1.82, 2.24) is 29.4 Å². The first kappa shape index (κ1) is 22.5. The summed E-state index contributed by atoms with van der Waals surface area (Å²) in [5.41, 5.74) is 4.63. The van der Waals surface area contributed by atoms with E-state index in [1.807, 2.05) is 30.0 Å². The van der Waals surface area contributed by atoms with Crippen molar-refractivity contribution in [1.29, 1.82) is 0 Å². The average molecular weight is 493 g/mol. The Morgan fingerprint density at radius 2 is 1.78 bits per heavy atom. The number of nitrogens with zero attached hydrogens (tertiary/aromatic N) is 6. The number of aryl methyl sites for hydroxylation is 1. The third-order valence-corrected chi connectivity index (χ3v) is 7.40. The van der Waals surface area contributed by atoms with Gasteiger partial charge in [-0.15, -0.1) is 10.2 Å². The molecule has 4 aromatic rings. The van der Waals surface area contributed by atoms with E-state index in [0.717, 1.165) is 53.9 Å². The van der Waals surface area contributed by atoms with E-state index in [-0.39, 0.29) is 23.6 Å². The van der Waals surface area contributed by atoms with Gasteiger partial charge in [-0.1, -0.05) is 6.07 Å². The normalized spacial score (nSPS) is 18.9. The first-order chi connectivity index (χ1) is 17.3. The summed E-state index contributed by atoms with van der Waals surface area (Å²) in [6, 6.07) is 7.25. The summed E-state index contributed by atoms with van der Waals surface area (Å²) in [6.45, 7) is 1.91. The molecule has 7 nitrogen and oxygen atoms in total. The van der Waals surface area contributed by atoms with Gasteiger partial charge in [-0.3, -0.25) is 14.0 Å². The maximum Gasteiger partial charge on any atom is 0.255 e. The van der Waals surface area contributed by atoms with Crippen molar-refractivity contribution in [2.45, 2.75) is 44.7 Å². The molecule has 1 amide bonds. The average Bonchev–Trinajstić information content (AvgIpc) is 3.50. The number of aromatic nitrogens is 5. The van der Waals surface area contributed by atoms with Gasteiger partial charge in [0.25, 0.3) is 5.91 Å². The van der Waals surface area contributed by atoms with Crippen molar-refractivity contribution < 1.29 is 18.0 Å². The molecule has 1 saturated heterocycles. The molecule has 1 fully saturated rings. The Balaban J connectivity index is 1.42. The number of hydrogen-bond donors (Lipinski definition) is 0. The fraction of sp³-hybridized carbons (Fsp3) is 0.308. The number of amides is 1. The molecule has 4 heterocycles. The van der Waals surface area contributed by atoms with E-state index in [9.17, 15) is 18.0 Å². The second-order valence-corrected chi connectivity index (χ2v) is 9.43. The zero-order valence-corrected chi connectivity index (χ0v) is 19.8. The lowest BCUT2D eigenvalue weighted by Gasteiger charge is -2.45. The molecule has 6 rings (SSSR count). The molecule has 36 heavy (non-hydrogen) atoms. The van der Waals surface area contributed by atoms with Gasteiger partial charge in [0.05, 0.1) is 23.1 Å². The van der Waals surface area contributed by atoms with Crippen molar-refractivity contribution >= 4 is 5.91 Å². The third-order valence-electron chi connectivity index (χ3n) is 7.40. The molecule has 0 spiro atoms. The van der Waals surface area contributed by atoms with Crippen LogP contribution in [0.2, 0.25) is 0 Å². The van der Waals surface area contributed by atoms with E-state index < -0.39 is 17.5 Å². The van der Waals surface area contributed by atoms with Crippen LogP contribution >= 0.6 is 0 Å². The Kier molecular flexibility index (Phi) is 5.20. The summed E-state index contributed by atoms with van der Waals surface area (Å²) < 4.78 is 45.1. The maximum atomic E-state index is 14.0. The van der Waals surface area contributed by atoms with Gasteiger partial charge in [0.1, 0.15) is 12.7 Å². The van der Waals surface area contributed by atoms with Gasteiger partial charge in [-0.2, -0.15) is 5.10 Å². The van der Waals surface area contributed by atoms with Crippen LogP contribution < -0.4 is 0 Å². The number of benzene rings is 2. The van der Waals surface area contributed by atoms with Crippen molar-refractivity contribution in [3.8, 4) is 16.9 Å². The molecule has 0 radical (unpaired) electrons. The van der Waals surface area contributed by atoms with Crippen molar-refractivity contribution in [3.05, 3.63) is 82.8 Å². The largest absolute Gasteiger partial charge is 0.327 e. The number of halogens is 3. The molecule has 2 atom stereocenters. The van der Waals surface area contributed by atoms with Crippen LogP contribution in [0.3, 0.4) is 0 Å². The molecule has 2 aromatic heterocycles. The molecule has 0 saturated carbocycles. The summed E-state index contributed by atoms with van der Waals surface area (Å²) in [5, 5.41) is 12.4. The second kappa shape index (κ2) is 8.32. The van der Waals surface area contributed by atoms with E-state index in [0.29, 0.717) is 17.7 Å². The summed E-state index contributed by atoms with van der Waals surface area (Å²) in [5.74, 6) is -4.05. The zero-order valence-electron chi connectivity index (χ0n) is 19.8. The predicted molar refractivity (Wildman–Crippen MR) is 125 cm³/mol. The highest BCUT2D eigenvalue weighted by atomic mass is 19.2. The Hall–Kier alpha value is -3.95. The molecule has 2 aliphatic heterocycles. The van der Waals surface area contributed by atoms with Gasteiger partial charge in [0, 0.05) is 29.8 Å². The Morgan fingerprint density at radius 1 is 1.06 bits per heavy atom. The SMILES string of the molecule is Cc1c(C(=O)N2[C@@H]3CCC[C@@H]2c2nn(C)c(-c4cc(F)c(F)c(F)c4)c2C3)cccc1-n1cnnc1. The van der Waals surface area contributed by atoms with Crippen LogP contribution in [0.15, 0.2) is 43.0 Å². The minimum Gasteiger partial charge on any atom is -0.327 e. The quantitative estimate of drug-likeness (QED) is 0.390. The van der Waals surface area contributed by atoms with E-state index in [4.69, 9.17) is 5.10 Å². The summed E-state index contributed by atoms with van der Waals surface area (Å²) in [4.78, 5) is 15.9. The number of carbonyl (C=O) groups excluding carboxylic acids is 1. The van der Waals surface area contributed by atoms with Gasteiger partial charge in [0.2, 0.25) is 0 Å². The Labute approximate surface area is 205 Å². The van der Waals surface area contributed by atoms with Crippen LogP contribution in [0.4, 0.5) is 13.2 Å². The van der Waals surface area contributed by atoms with Crippen LogP contribution in [0.5, 0.6) is 0 Å². The van der Waals surface area contributed by atoms with Crippen LogP contribution in [-0.4, -0.2) is 41.4 Å². The number of fused-ring (bicyclic) bond motifs is 4. The van der Waals surface area contributed by atoms with E-state index in [2.05, 4.69) is 10.2 Å². The van der Waals surface area contributed by atoms with Crippen molar-refractivity contribution in [2.24, 2.45) is 7.05 Å². The lowest BCUT2D eigenvalue weighted by Crippen LogP contribution is -2.50. The predicted octanol–water partition coefficient (Wildman–Crippen LogP) is 4.69. The van der Waals surface area contributed by atoms with Crippen LogP contribution in [0, 0.1) is 24.4 Å². The molecule has 2 aromatic carbocycles. The van der Waals surface area contributed by atoms with Gasteiger partial charge >= 0.3 is 0 Å². The minimum absolute atomic E-state index is 0.0751. The van der Waals surface area contributed by atoms with Crippen LogP contribution in [0.1, 0.15) is 52.5 Å². The first-order valence-corrected chi connectivity index (χ1v) is 11.8. The highest BCUT2D eigenvalue weighted by Gasteiger charge is 2.44. The Bertz CT molecular complexity index is 1470. The molecular weight excluding hydrogens is 469 g/mol. The molecule has 2 bridgehead atoms. The van der Waals surface area contributed by atoms with Gasteiger partial charge in [-0.05, 0) is 62.4 Å². The fourth-order valence-corrected chi connectivity index (χ4v) is 5.80. The topological polar surface area (TPSA) is 68.8 Å². The Morgan fingerprint density at radius 3 is 2.50 bits per heavy atom. The number of rotatable bonds is 3. The second-order valence-electron chi connectivity index (χ2n) is 9.43. The van der Waals surface area contributed by atoms with E-state index in [1.165, 1.54) is 0 Å². The van der Waals surface area contributed by atoms with Crippen LogP contribution in [-0.2, 0) is 13.5 Å². The van der Waals surface area contributed by atoms with Crippen LogP contribution in [0.25, 0.3) is 16.9 Å². The zero-order chi connectivity index (χ0) is 25.1. The fourth-order valence-electron chi connectivity index (χ4n) is 5.80. The summed E-state index contributed by atoms with van der Waals surface area (Å²) in [7, 11) is 1.70. The lowest BCUT2D eigenvalue weighted by molar-refractivity contribution is 0.0391. The highest BCUT2D eigenvalue weighted by Crippen LogP contribution is 2.45. The molecule has 0 N–H and O–H groups in total. The molecule has 10 heteroatoms. The van der Waals surface area contributed by atoms with Crippen molar-refractivity contribution in [3.63, 3.8) is 0 Å². The first-order valence-electron chi connectivity index (χ1n) is 11.8. The maximum absolute atomic E-state index is 14.0. The van der Waals surface area contributed by atoms with Gasteiger partial charge < -0.3 is 4.90 Å². The highest BCUT2D eigenvalue weighted by molar-refractivity contribution is 5.97. The standard InChI is InChI=1S/C26H23F3N6O/c1-14-17(6-4-7-21(14)34-12-30-31-13-34)26(36)35-16-5-3-8-22(35)24-18(11-16)25(33(2)32-24)15-9-19(27)23(29)20(28)10-15/h4,6-7,9-10,12-13,16,22H,3,5,8,11H2,1-2H3/t16-,22-/m1/s1. The minimum atomic E-state index is -1.49. The van der Waals surface area contributed by atoms with Gasteiger partial charge in [0.15, 0.2) is 17.5 Å². The monoisotopic (exact) mass is 492 g/mol. The molecular formula is C26H23F3N6O. The van der Waals surface area contributed by atoms with E-state index >= 15 is 0 Å². The number of carbonyl (C=O) groups is 1. The molecule has 0 aliphatic carbocycles. The van der Waals surface area contributed by atoms with Crippen molar-refractivity contribution in [2.75, 3.05) is 0 Å². The molecule has 0 unspecified atom stereocenters. The van der Waals surface area contributed by atoms with E-state index in [1.54, 1.807) is 29.0 Å². The van der Waals surface area contributed by atoms with Gasteiger partial charge in [-0.25, -0.2) is 13.2 Å². The lowest BCUT2D eigenvalue weighted by atomic mass is 9.81. The summed E-state index contributed by atoms with van der Waals surface area (Å²) >= 11 is 0. The smallest absolute Gasteiger partial charge is 0.255 e. The number of hydrogen-bond acceptors (Lipinski definition) is 4. The molecule has 184 valence electrons. The number of piperidine rings is 1. The molecule has 2 aliphatic rings. The summed E-state index contributed by atoms with van der Waals surface area (Å²) in [6.07, 6.45) is 6.19.